The molecule has 17 heavy (non-hydrogen) atoms. The number of aryl methyl sites for hydroxylation is 2. The van der Waals surface area contributed by atoms with Gasteiger partial charge in [0.15, 0.2) is 0 Å². The molecule has 0 amide bonds. The Morgan fingerprint density at radius 3 is 2.88 bits per heavy atom. The van der Waals surface area contributed by atoms with Gasteiger partial charge in [-0.3, -0.25) is 4.68 Å². The third-order valence-corrected chi connectivity index (χ3v) is 3.81. The zero-order valence-electron chi connectivity index (χ0n) is 10.7. The highest BCUT2D eigenvalue weighted by molar-refractivity contribution is 7.12. The summed E-state index contributed by atoms with van der Waals surface area (Å²) in [6.07, 6.45) is 3.99. The molecule has 1 N–H and O–H groups in total. The molecule has 0 atom stereocenters. The lowest BCUT2D eigenvalue weighted by Gasteiger charge is -1.99. The van der Waals surface area contributed by atoms with Crippen LogP contribution in [0, 0.1) is 13.8 Å². The van der Waals surface area contributed by atoms with E-state index >= 15 is 0 Å². The van der Waals surface area contributed by atoms with Gasteiger partial charge < -0.3 is 5.32 Å². The number of aromatic nitrogens is 2. The molecule has 0 spiro atoms. The summed E-state index contributed by atoms with van der Waals surface area (Å²) in [7, 11) is 0. The summed E-state index contributed by atoms with van der Waals surface area (Å²) in [5.74, 6) is 0. The normalized spacial score (nSPS) is 11.0. The summed E-state index contributed by atoms with van der Waals surface area (Å²) in [4.78, 5) is 2.80. The molecule has 2 aromatic heterocycles. The SMILES string of the molecule is CCNCc1cc(Cn2cc(C)cn2)c(C)s1. The van der Waals surface area contributed by atoms with Crippen LogP contribution in [0.5, 0.6) is 0 Å². The van der Waals surface area contributed by atoms with E-state index in [0.717, 1.165) is 19.6 Å². The van der Waals surface area contributed by atoms with Crippen LogP contribution in [-0.4, -0.2) is 16.3 Å². The second-order valence-corrected chi connectivity index (χ2v) is 5.63. The van der Waals surface area contributed by atoms with E-state index in [9.17, 15) is 0 Å². The monoisotopic (exact) mass is 249 g/mol. The predicted octanol–water partition coefficient (Wildman–Crippen LogP) is 2.72. The molecule has 0 aliphatic heterocycles. The van der Waals surface area contributed by atoms with E-state index in [1.54, 1.807) is 0 Å². The molecule has 3 nitrogen and oxygen atoms in total. The molecule has 92 valence electrons. The summed E-state index contributed by atoms with van der Waals surface area (Å²) in [5, 5.41) is 7.69. The second kappa shape index (κ2) is 5.47. The van der Waals surface area contributed by atoms with Gasteiger partial charge in [-0.2, -0.15) is 5.10 Å². The van der Waals surface area contributed by atoms with E-state index in [1.165, 1.54) is 20.9 Å². The van der Waals surface area contributed by atoms with E-state index in [1.807, 2.05) is 22.2 Å². The lowest BCUT2D eigenvalue weighted by molar-refractivity contribution is 0.684. The zero-order valence-corrected chi connectivity index (χ0v) is 11.5. The third-order valence-electron chi connectivity index (χ3n) is 2.72. The van der Waals surface area contributed by atoms with Crippen molar-refractivity contribution in [3.05, 3.63) is 39.3 Å². The summed E-state index contributed by atoms with van der Waals surface area (Å²) in [5.41, 5.74) is 2.59. The molecular weight excluding hydrogens is 230 g/mol. The molecule has 0 bridgehead atoms. The van der Waals surface area contributed by atoms with Crippen molar-refractivity contribution in [3.63, 3.8) is 0 Å². The van der Waals surface area contributed by atoms with Crippen LogP contribution in [0.15, 0.2) is 18.5 Å². The average molecular weight is 249 g/mol. The highest BCUT2D eigenvalue weighted by Crippen LogP contribution is 2.22. The molecule has 0 aliphatic rings. The molecule has 0 radical (unpaired) electrons. The first-order valence-corrected chi connectivity index (χ1v) is 6.78. The van der Waals surface area contributed by atoms with Crippen molar-refractivity contribution in [3.8, 4) is 0 Å². The van der Waals surface area contributed by atoms with Crippen LogP contribution in [-0.2, 0) is 13.1 Å². The fourth-order valence-electron chi connectivity index (χ4n) is 1.81. The van der Waals surface area contributed by atoms with Gasteiger partial charge in [-0.25, -0.2) is 0 Å². The topological polar surface area (TPSA) is 29.9 Å². The number of rotatable bonds is 5. The summed E-state index contributed by atoms with van der Waals surface area (Å²) < 4.78 is 2.00. The minimum absolute atomic E-state index is 0.877. The molecule has 2 heterocycles. The van der Waals surface area contributed by atoms with Crippen LogP contribution in [0.1, 0.15) is 27.8 Å². The van der Waals surface area contributed by atoms with Crippen LogP contribution in [0.4, 0.5) is 0 Å². The van der Waals surface area contributed by atoms with Crippen molar-refractivity contribution < 1.29 is 0 Å². The fraction of sp³-hybridized carbons (Fsp3) is 0.462. The van der Waals surface area contributed by atoms with Gasteiger partial charge in [0.05, 0.1) is 12.7 Å². The van der Waals surface area contributed by atoms with E-state index in [0.29, 0.717) is 0 Å². The maximum Gasteiger partial charge on any atom is 0.0670 e. The van der Waals surface area contributed by atoms with Crippen molar-refractivity contribution in [2.45, 2.75) is 33.9 Å². The predicted molar refractivity (Wildman–Crippen MR) is 72.5 cm³/mol. The number of nitrogens with zero attached hydrogens (tertiary/aromatic N) is 2. The van der Waals surface area contributed by atoms with Crippen LogP contribution in [0.2, 0.25) is 0 Å². The maximum absolute atomic E-state index is 4.33. The fourth-order valence-corrected chi connectivity index (χ4v) is 2.83. The highest BCUT2D eigenvalue weighted by atomic mass is 32.1. The lowest BCUT2D eigenvalue weighted by atomic mass is 10.2. The molecule has 0 fully saturated rings. The van der Waals surface area contributed by atoms with Crippen LogP contribution >= 0.6 is 11.3 Å². The highest BCUT2D eigenvalue weighted by Gasteiger charge is 2.06. The van der Waals surface area contributed by atoms with Gasteiger partial charge in [0.25, 0.3) is 0 Å². The Bertz CT molecular complexity index is 485. The Hall–Kier alpha value is -1.13. The first-order valence-electron chi connectivity index (χ1n) is 5.97. The van der Waals surface area contributed by atoms with E-state index in [2.05, 4.69) is 43.4 Å². The molecule has 0 aromatic carbocycles. The van der Waals surface area contributed by atoms with Gasteiger partial charge in [0.1, 0.15) is 0 Å². The minimum Gasteiger partial charge on any atom is -0.312 e. The molecule has 0 saturated carbocycles. The van der Waals surface area contributed by atoms with Crippen LogP contribution in [0.25, 0.3) is 0 Å². The van der Waals surface area contributed by atoms with Crippen molar-refractivity contribution in [2.24, 2.45) is 0 Å². The van der Waals surface area contributed by atoms with Crippen LogP contribution < -0.4 is 5.32 Å². The van der Waals surface area contributed by atoms with Gasteiger partial charge in [0.2, 0.25) is 0 Å². The third kappa shape index (κ3) is 3.17. The zero-order chi connectivity index (χ0) is 12.3. The van der Waals surface area contributed by atoms with E-state index in [4.69, 9.17) is 0 Å². The molecule has 0 saturated heterocycles. The molecule has 4 heteroatoms. The second-order valence-electron chi connectivity index (χ2n) is 4.29. The number of hydrogen-bond donors (Lipinski definition) is 1. The number of hydrogen-bond acceptors (Lipinski definition) is 3. The van der Waals surface area contributed by atoms with Crippen molar-refractivity contribution in [1.82, 2.24) is 15.1 Å². The minimum atomic E-state index is 0.877. The van der Waals surface area contributed by atoms with Gasteiger partial charge >= 0.3 is 0 Å². The molecule has 0 aliphatic carbocycles. The smallest absolute Gasteiger partial charge is 0.0670 e. The van der Waals surface area contributed by atoms with E-state index in [-0.39, 0.29) is 0 Å². The van der Waals surface area contributed by atoms with Crippen molar-refractivity contribution in [1.29, 1.82) is 0 Å². The van der Waals surface area contributed by atoms with E-state index < -0.39 is 0 Å². The summed E-state index contributed by atoms with van der Waals surface area (Å²) in [6.45, 7) is 9.26. The largest absolute Gasteiger partial charge is 0.312 e. The quantitative estimate of drug-likeness (QED) is 0.883. The molecular formula is C13H19N3S. The Balaban J connectivity index is 2.07. The summed E-state index contributed by atoms with van der Waals surface area (Å²) in [6, 6.07) is 2.29. The molecule has 2 rings (SSSR count). The lowest BCUT2D eigenvalue weighted by Crippen LogP contribution is -2.10. The first-order chi connectivity index (χ1) is 8.19. The van der Waals surface area contributed by atoms with Gasteiger partial charge in [-0.1, -0.05) is 6.92 Å². The Morgan fingerprint density at radius 1 is 1.41 bits per heavy atom. The van der Waals surface area contributed by atoms with Gasteiger partial charge in [-0.15, -0.1) is 11.3 Å². The Labute approximate surface area is 106 Å². The van der Waals surface area contributed by atoms with Crippen LogP contribution in [0.3, 0.4) is 0 Å². The molecule has 0 unspecified atom stereocenters. The standard InChI is InChI=1S/C13H19N3S/c1-4-14-7-13-5-12(11(3)17-13)9-16-8-10(2)6-15-16/h5-6,8,14H,4,7,9H2,1-3H3. The maximum atomic E-state index is 4.33. The number of nitrogens with one attached hydrogen (secondary N) is 1. The average Bonchev–Trinajstić information content (AvgIpc) is 2.84. The Morgan fingerprint density at radius 2 is 2.24 bits per heavy atom. The summed E-state index contributed by atoms with van der Waals surface area (Å²) >= 11 is 1.88. The van der Waals surface area contributed by atoms with Crippen molar-refractivity contribution in [2.75, 3.05) is 6.54 Å². The number of thiophene rings is 1. The first kappa shape index (κ1) is 12.3. The molecule has 2 aromatic rings. The van der Waals surface area contributed by atoms with Crippen molar-refractivity contribution >= 4 is 11.3 Å². The van der Waals surface area contributed by atoms with Gasteiger partial charge in [-0.05, 0) is 37.6 Å². The Kier molecular flexibility index (Phi) is 3.97. The van der Waals surface area contributed by atoms with Gasteiger partial charge in [0, 0.05) is 22.5 Å².